The molecule has 0 saturated carbocycles. The van der Waals surface area contributed by atoms with Crippen LogP contribution in [0.4, 0.5) is 18.9 Å². The minimum atomic E-state index is -4.13. The summed E-state index contributed by atoms with van der Waals surface area (Å²) in [6.45, 7) is 9.24. The summed E-state index contributed by atoms with van der Waals surface area (Å²) < 4.78 is 49.5. The highest BCUT2D eigenvalue weighted by Crippen LogP contribution is 2.36. The Labute approximate surface area is 153 Å². The number of hydrogen-bond donors (Lipinski definition) is 0. The minimum Gasteiger partial charge on any atom is -0.399 e. The van der Waals surface area contributed by atoms with Gasteiger partial charge in [0.25, 0.3) is 0 Å². The van der Waals surface area contributed by atoms with Crippen LogP contribution in [0.25, 0.3) is 0 Å². The Bertz CT molecular complexity index is 610. The maximum absolute atomic E-state index is 12.5. The fraction of sp³-hybridized carbons (Fsp3) is 0.667. The number of nitrogens with zero attached hydrogens (tertiary/aromatic N) is 2. The highest BCUT2D eigenvalue weighted by Gasteiger charge is 2.51. The molecule has 0 spiro atoms. The summed E-state index contributed by atoms with van der Waals surface area (Å²) in [5.74, 6) is 0. The van der Waals surface area contributed by atoms with Crippen LogP contribution in [0.3, 0.4) is 0 Å². The molecule has 2 aliphatic rings. The van der Waals surface area contributed by atoms with Gasteiger partial charge in [0.2, 0.25) is 0 Å². The van der Waals surface area contributed by atoms with E-state index in [0.29, 0.717) is 26.2 Å². The third kappa shape index (κ3) is 4.18. The smallest absolute Gasteiger partial charge is 0.399 e. The SMILES string of the molecule is CC1(C)OB(c2ccc(N3CCN(CC(F)(F)F)CC3)cc2)OC1(C)C. The Balaban J connectivity index is 1.59. The van der Waals surface area contributed by atoms with Gasteiger partial charge in [-0.15, -0.1) is 0 Å². The van der Waals surface area contributed by atoms with Crippen LogP contribution in [0.5, 0.6) is 0 Å². The van der Waals surface area contributed by atoms with Gasteiger partial charge >= 0.3 is 13.3 Å². The Kier molecular flexibility index (Phi) is 5.05. The molecule has 1 aromatic carbocycles. The van der Waals surface area contributed by atoms with E-state index in [1.807, 2.05) is 52.0 Å². The lowest BCUT2D eigenvalue weighted by molar-refractivity contribution is -0.146. The molecule has 2 fully saturated rings. The van der Waals surface area contributed by atoms with Crippen LogP contribution in [0.15, 0.2) is 24.3 Å². The third-order valence-corrected chi connectivity index (χ3v) is 5.56. The van der Waals surface area contributed by atoms with Gasteiger partial charge in [0, 0.05) is 31.9 Å². The molecule has 8 heteroatoms. The molecule has 0 radical (unpaired) electrons. The Hall–Kier alpha value is -1.25. The van der Waals surface area contributed by atoms with Gasteiger partial charge in [-0.1, -0.05) is 12.1 Å². The molecular weight excluding hydrogens is 344 g/mol. The highest BCUT2D eigenvalue weighted by atomic mass is 19.4. The van der Waals surface area contributed by atoms with Crippen LogP contribution < -0.4 is 10.4 Å². The molecule has 0 N–H and O–H groups in total. The van der Waals surface area contributed by atoms with E-state index in [0.717, 1.165) is 11.2 Å². The van der Waals surface area contributed by atoms with Crippen LogP contribution in [0.2, 0.25) is 0 Å². The van der Waals surface area contributed by atoms with E-state index >= 15 is 0 Å². The van der Waals surface area contributed by atoms with Crippen LogP contribution in [-0.2, 0) is 9.31 Å². The molecule has 0 bridgehead atoms. The molecule has 0 unspecified atom stereocenters. The standard InChI is InChI=1S/C18H26BF3N2O2/c1-16(2)17(3,4)26-19(25-16)14-5-7-15(8-6-14)24-11-9-23(10-12-24)13-18(20,21)22/h5-8H,9-13H2,1-4H3. The van der Waals surface area contributed by atoms with Crippen LogP contribution in [-0.4, -0.2) is 62.1 Å². The van der Waals surface area contributed by atoms with Crippen molar-refractivity contribution in [1.29, 1.82) is 0 Å². The van der Waals surface area contributed by atoms with Crippen LogP contribution >= 0.6 is 0 Å². The lowest BCUT2D eigenvalue weighted by atomic mass is 9.79. The first-order valence-corrected chi connectivity index (χ1v) is 8.96. The van der Waals surface area contributed by atoms with E-state index in [1.54, 1.807) is 0 Å². The molecule has 4 nitrogen and oxygen atoms in total. The molecule has 26 heavy (non-hydrogen) atoms. The maximum Gasteiger partial charge on any atom is 0.494 e. The first-order chi connectivity index (χ1) is 12.0. The number of alkyl halides is 3. The van der Waals surface area contributed by atoms with Crippen molar-refractivity contribution in [3.8, 4) is 0 Å². The van der Waals surface area contributed by atoms with Crippen LogP contribution in [0, 0.1) is 0 Å². The molecule has 2 heterocycles. The van der Waals surface area contributed by atoms with Crippen molar-refractivity contribution in [3.05, 3.63) is 24.3 Å². The second-order valence-electron chi connectivity index (χ2n) is 8.06. The van der Waals surface area contributed by atoms with E-state index in [2.05, 4.69) is 4.90 Å². The molecule has 2 aliphatic heterocycles. The highest BCUT2D eigenvalue weighted by molar-refractivity contribution is 6.62. The van der Waals surface area contributed by atoms with Crippen molar-refractivity contribution in [2.75, 3.05) is 37.6 Å². The maximum atomic E-state index is 12.5. The van der Waals surface area contributed by atoms with Crippen molar-refractivity contribution in [2.45, 2.75) is 45.1 Å². The van der Waals surface area contributed by atoms with Gasteiger partial charge in [-0.3, -0.25) is 4.90 Å². The lowest BCUT2D eigenvalue weighted by Gasteiger charge is -2.36. The predicted octanol–water partition coefficient (Wildman–Crippen LogP) is 2.67. The molecule has 0 amide bonds. The second kappa shape index (κ2) is 6.73. The Morgan fingerprint density at radius 3 is 1.88 bits per heavy atom. The summed E-state index contributed by atoms with van der Waals surface area (Å²) >= 11 is 0. The predicted molar refractivity (Wildman–Crippen MR) is 96.9 cm³/mol. The first-order valence-electron chi connectivity index (χ1n) is 8.96. The summed E-state index contributed by atoms with van der Waals surface area (Å²) in [6, 6.07) is 7.92. The molecule has 2 saturated heterocycles. The Morgan fingerprint density at radius 2 is 1.42 bits per heavy atom. The summed E-state index contributed by atoms with van der Waals surface area (Å²) in [4.78, 5) is 3.57. The third-order valence-electron chi connectivity index (χ3n) is 5.56. The van der Waals surface area contributed by atoms with Gasteiger partial charge in [-0.25, -0.2) is 0 Å². The minimum absolute atomic E-state index is 0.384. The molecule has 3 rings (SSSR count). The van der Waals surface area contributed by atoms with Crippen molar-refractivity contribution in [3.63, 3.8) is 0 Å². The average Bonchev–Trinajstić information content (AvgIpc) is 2.75. The average molecular weight is 370 g/mol. The zero-order chi connectivity index (χ0) is 19.2. The number of hydrogen-bond acceptors (Lipinski definition) is 4. The monoisotopic (exact) mass is 370 g/mol. The fourth-order valence-corrected chi connectivity index (χ4v) is 3.24. The molecular formula is C18H26BF3N2O2. The summed E-state index contributed by atoms with van der Waals surface area (Å²) in [5.41, 5.74) is 1.19. The quantitative estimate of drug-likeness (QED) is 0.764. The first kappa shape index (κ1) is 19.5. The van der Waals surface area contributed by atoms with Gasteiger partial charge < -0.3 is 14.2 Å². The summed E-state index contributed by atoms with van der Waals surface area (Å²) in [6.07, 6.45) is -4.13. The van der Waals surface area contributed by atoms with Crippen molar-refractivity contribution in [2.24, 2.45) is 0 Å². The second-order valence-corrected chi connectivity index (χ2v) is 8.06. The van der Waals surface area contributed by atoms with Gasteiger partial charge in [-0.2, -0.15) is 13.2 Å². The molecule has 0 aliphatic carbocycles. The summed E-state index contributed by atoms with van der Waals surface area (Å²) in [5, 5.41) is 0. The fourth-order valence-electron chi connectivity index (χ4n) is 3.24. The van der Waals surface area contributed by atoms with E-state index in [1.165, 1.54) is 4.90 Å². The number of anilines is 1. The zero-order valence-electron chi connectivity index (χ0n) is 15.8. The van der Waals surface area contributed by atoms with E-state index in [4.69, 9.17) is 9.31 Å². The van der Waals surface area contributed by atoms with Crippen molar-refractivity contribution < 1.29 is 22.5 Å². The summed E-state index contributed by atoms with van der Waals surface area (Å²) in [7, 11) is -0.405. The normalized spacial score (nSPS) is 23.5. The van der Waals surface area contributed by atoms with Crippen LogP contribution in [0.1, 0.15) is 27.7 Å². The van der Waals surface area contributed by atoms with Gasteiger partial charge in [0.1, 0.15) is 0 Å². The number of halogens is 3. The largest absolute Gasteiger partial charge is 0.494 e. The van der Waals surface area contributed by atoms with Crippen molar-refractivity contribution >= 4 is 18.3 Å². The van der Waals surface area contributed by atoms with E-state index in [-0.39, 0.29) is 11.2 Å². The topological polar surface area (TPSA) is 24.9 Å². The Morgan fingerprint density at radius 1 is 0.923 bits per heavy atom. The molecule has 144 valence electrons. The zero-order valence-corrected chi connectivity index (χ0v) is 15.8. The molecule has 1 aromatic rings. The molecule has 0 aromatic heterocycles. The number of piperazine rings is 1. The van der Waals surface area contributed by atoms with E-state index in [9.17, 15) is 13.2 Å². The number of rotatable bonds is 3. The van der Waals surface area contributed by atoms with E-state index < -0.39 is 19.8 Å². The van der Waals surface area contributed by atoms with Gasteiger partial charge in [-0.05, 0) is 45.3 Å². The lowest BCUT2D eigenvalue weighted by Crippen LogP contribution is -2.49. The molecule has 0 atom stereocenters. The van der Waals surface area contributed by atoms with Gasteiger partial charge in [0.05, 0.1) is 17.7 Å². The van der Waals surface area contributed by atoms with Crippen molar-refractivity contribution in [1.82, 2.24) is 4.90 Å². The van der Waals surface area contributed by atoms with Gasteiger partial charge in [0.15, 0.2) is 0 Å². The number of benzene rings is 1.